The molecule has 8 rings (SSSR count). The lowest BCUT2D eigenvalue weighted by molar-refractivity contribution is -0.256. The quantitative estimate of drug-likeness (QED) is 0.412. The van der Waals surface area contributed by atoms with Crippen molar-refractivity contribution in [3.63, 3.8) is 0 Å². The van der Waals surface area contributed by atoms with Gasteiger partial charge >= 0.3 is 0 Å². The van der Waals surface area contributed by atoms with Crippen LogP contribution in [-0.4, -0.2) is 96.4 Å². The van der Waals surface area contributed by atoms with Gasteiger partial charge in [-0.05, 0) is 111 Å². The molecule has 5 aliphatic carbocycles. The largest absolute Gasteiger partial charge is 0.390 e. The molecule has 14 atom stereocenters. The van der Waals surface area contributed by atoms with Gasteiger partial charge in [-0.3, -0.25) is 4.90 Å². The van der Waals surface area contributed by atoms with Gasteiger partial charge in [0.2, 0.25) is 0 Å². The standard InChI is InChI=1S/C37H62N2O6/c1-21-16-23(30(38)33(4,5)41)44-29-28(21)34(6)12-13-37-20-36(37)11-10-26(45-27-17-39(14-15-43-27)22-18-42-19-22)32(2,3)24(36)8-9-25(37)35(34,7)31(29)40/h21-31,40-41H,8-20,38H2,1-7H3/t21-,23-,24+,25+,26+,27?,28+,29+,30+,31+,34-,35-,36-,37+/m1/s1. The fraction of sp³-hybridized carbons (Fsp3) is 1.00. The van der Waals surface area contributed by atoms with Crippen LogP contribution in [0.25, 0.3) is 0 Å². The van der Waals surface area contributed by atoms with Gasteiger partial charge in [0.05, 0.1) is 68.5 Å². The summed E-state index contributed by atoms with van der Waals surface area (Å²) in [6, 6.07) is 0.0497. The molecule has 8 aliphatic rings. The average Bonchev–Trinajstić information content (AvgIpc) is 3.57. The van der Waals surface area contributed by atoms with Crippen LogP contribution in [0.2, 0.25) is 0 Å². The number of aliphatic hydroxyl groups excluding tert-OH is 1. The van der Waals surface area contributed by atoms with E-state index in [2.05, 4.69) is 39.5 Å². The van der Waals surface area contributed by atoms with E-state index in [0.29, 0.717) is 40.5 Å². The third-order valence-electron chi connectivity index (χ3n) is 16.5. The lowest BCUT2D eigenvalue weighted by Crippen LogP contribution is -2.60. The van der Waals surface area contributed by atoms with E-state index in [4.69, 9.17) is 24.7 Å². The van der Waals surface area contributed by atoms with Crippen molar-refractivity contribution in [2.75, 3.05) is 32.9 Å². The van der Waals surface area contributed by atoms with Crippen molar-refractivity contribution in [1.82, 2.24) is 4.90 Å². The molecule has 4 N–H and O–H groups in total. The topological polar surface area (TPSA) is 107 Å². The fourth-order valence-corrected chi connectivity index (χ4v) is 13.9. The van der Waals surface area contributed by atoms with Gasteiger partial charge in [-0.2, -0.15) is 0 Å². The number of aliphatic hydroxyl groups is 2. The number of nitrogens with zero attached hydrogens (tertiary/aromatic N) is 1. The first kappa shape index (κ1) is 31.9. The second-order valence-corrected chi connectivity index (χ2v) is 18.8. The molecule has 3 heterocycles. The van der Waals surface area contributed by atoms with Crippen molar-refractivity contribution in [3.05, 3.63) is 0 Å². The van der Waals surface area contributed by atoms with Gasteiger partial charge in [-0.25, -0.2) is 0 Å². The van der Waals surface area contributed by atoms with Gasteiger partial charge in [0, 0.05) is 12.0 Å². The molecule has 8 nitrogen and oxygen atoms in total. The van der Waals surface area contributed by atoms with E-state index in [-0.39, 0.29) is 40.8 Å². The molecule has 1 unspecified atom stereocenters. The molecule has 3 aliphatic heterocycles. The van der Waals surface area contributed by atoms with Crippen molar-refractivity contribution in [3.8, 4) is 0 Å². The van der Waals surface area contributed by atoms with Gasteiger partial charge in [0.25, 0.3) is 0 Å². The second-order valence-electron chi connectivity index (χ2n) is 18.8. The third kappa shape index (κ3) is 4.12. The monoisotopic (exact) mass is 630 g/mol. The summed E-state index contributed by atoms with van der Waals surface area (Å²) < 4.78 is 25.4. The van der Waals surface area contributed by atoms with Crippen LogP contribution in [0.3, 0.4) is 0 Å². The summed E-state index contributed by atoms with van der Waals surface area (Å²) in [6.07, 6.45) is 8.44. The SMILES string of the molecule is C[C@@H]1C[C@H]([C@H](N)C(C)(C)O)O[C@H]2[C@H]1[C@@]1(C)CC[C@@]34C[C@@]35CC[C@H](OC3CN(C6COC6)CCO3)C(C)(C)[C@@H]5CC[C@H]4[C@]1(C)[C@H]2O. The number of ether oxygens (including phenoxy) is 4. The Morgan fingerprint density at radius 2 is 1.71 bits per heavy atom. The summed E-state index contributed by atoms with van der Waals surface area (Å²) in [7, 11) is 0. The first-order valence-corrected chi connectivity index (χ1v) is 18.5. The number of morpholine rings is 1. The van der Waals surface area contributed by atoms with Crippen molar-refractivity contribution in [1.29, 1.82) is 0 Å². The minimum absolute atomic E-state index is 0.0261. The fourth-order valence-electron chi connectivity index (χ4n) is 13.9. The summed E-state index contributed by atoms with van der Waals surface area (Å²) in [6.45, 7) is 20.1. The van der Waals surface area contributed by atoms with Crippen molar-refractivity contribution >= 4 is 0 Å². The molecule has 2 spiro atoms. The van der Waals surface area contributed by atoms with E-state index in [1.165, 1.54) is 38.5 Å². The Bertz CT molecular complexity index is 1170. The van der Waals surface area contributed by atoms with Crippen LogP contribution in [0, 0.1) is 50.7 Å². The van der Waals surface area contributed by atoms with Crippen LogP contribution < -0.4 is 5.73 Å². The Balaban J connectivity index is 1.03. The van der Waals surface area contributed by atoms with E-state index >= 15 is 0 Å². The molecule has 0 amide bonds. The van der Waals surface area contributed by atoms with Gasteiger partial charge in [-0.15, -0.1) is 0 Å². The summed E-state index contributed by atoms with van der Waals surface area (Å²) in [5, 5.41) is 23.2. The zero-order valence-corrected chi connectivity index (χ0v) is 29.1. The molecule has 3 saturated heterocycles. The zero-order valence-electron chi connectivity index (χ0n) is 29.1. The number of hydrogen-bond donors (Lipinski definition) is 3. The number of hydrogen-bond acceptors (Lipinski definition) is 8. The van der Waals surface area contributed by atoms with Gasteiger partial charge < -0.3 is 34.9 Å². The highest BCUT2D eigenvalue weighted by atomic mass is 16.7. The predicted molar refractivity (Wildman–Crippen MR) is 171 cm³/mol. The van der Waals surface area contributed by atoms with E-state index in [1.54, 1.807) is 13.8 Å². The second kappa shape index (κ2) is 10.1. The Morgan fingerprint density at radius 1 is 1.00 bits per heavy atom. The van der Waals surface area contributed by atoms with E-state index in [9.17, 15) is 10.2 Å². The van der Waals surface area contributed by atoms with Gasteiger partial charge in [0.15, 0.2) is 6.29 Å². The van der Waals surface area contributed by atoms with Crippen LogP contribution in [-0.2, 0) is 18.9 Å². The molecule has 5 saturated carbocycles. The zero-order chi connectivity index (χ0) is 31.9. The number of fused-ring (bicyclic) bond motifs is 4. The highest BCUT2D eigenvalue weighted by Gasteiger charge is 2.84. The molecule has 8 fully saturated rings. The van der Waals surface area contributed by atoms with Gasteiger partial charge in [0.1, 0.15) is 0 Å². The van der Waals surface area contributed by atoms with E-state index < -0.39 is 17.7 Å². The highest BCUT2D eigenvalue weighted by molar-refractivity contribution is 5.33. The van der Waals surface area contributed by atoms with E-state index in [1.807, 2.05) is 0 Å². The number of nitrogens with two attached hydrogens (primary N) is 1. The van der Waals surface area contributed by atoms with Crippen molar-refractivity contribution in [2.45, 2.75) is 148 Å². The molecule has 256 valence electrons. The minimum Gasteiger partial charge on any atom is -0.390 e. The summed E-state index contributed by atoms with van der Waals surface area (Å²) in [5.74, 6) is 1.85. The molecule has 45 heavy (non-hydrogen) atoms. The minimum atomic E-state index is -1.02. The predicted octanol–water partition coefficient (Wildman–Crippen LogP) is 4.34. The summed E-state index contributed by atoms with van der Waals surface area (Å²) >= 11 is 0. The Kier molecular flexibility index (Phi) is 7.18. The lowest BCUT2D eigenvalue weighted by Gasteiger charge is -2.64. The normalized spacial score (nSPS) is 54.9. The van der Waals surface area contributed by atoms with Crippen LogP contribution in [0.5, 0.6) is 0 Å². The molecule has 0 aromatic rings. The highest BCUT2D eigenvalue weighted by Crippen LogP contribution is 2.89. The van der Waals surface area contributed by atoms with Crippen LogP contribution in [0.4, 0.5) is 0 Å². The summed E-state index contributed by atoms with van der Waals surface area (Å²) in [4.78, 5) is 2.51. The third-order valence-corrected chi connectivity index (χ3v) is 16.5. The van der Waals surface area contributed by atoms with Crippen LogP contribution in [0.15, 0.2) is 0 Å². The molecular formula is C37H62N2O6. The average molecular weight is 631 g/mol. The molecule has 0 aromatic carbocycles. The lowest BCUT2D eigenvalue weighted by atomic mass is 9.41. The first-order valence-electron chi connectivity index (χ1n) is 18.5. The van der Waals surface area contributed by atoms with Crippen LogP contribution >= 0.6 is 0 Å². The smallest absolute Gasteiger partial charge is 0.170 e. The Hall–Kier alpha value is -0.320. The maximum absolute atomic E-state index is 12.5. The molecule has 8 heteroatoms. The molecular weight excluding hydrogens is 568 g/mol. The first-order chi connectivity index (χ1) is 21.1. The maximum Gasteiger partial charge on any atom is 0.170 e. The van der Waals surface area contributed by atoms with Crippen molar-refractivity contribution in [2.24, 2.45) is 56.5 Å². The summed E-state index contributed by atoms with van der Waals surface area (Å²) in [5.41, 5.74) is 6.15. The van der Waals surface area contributed by atoms with Crippen LogP contribution in [0.1, 0.15) is 99.8 Å². The molecule has 0 bridgehead atoms. The Labute approximate surface area is 271 Å². The number of rotatable bonds is 5. The van der Waals surface area contributed by atoms with Gasteiger partial charge in [-0.1, -0.05) is 34.6 Å². The van der Waals surface area contributed by atoms with E-state index in [0.717, 1.165) is 45.8 Å². The molecule has 0 aromatic heterocycles. The van der Waals surface area contributed by atoms with Crippen molar-refractivity contribution < 1.29 is 29.2 Å². The molecule has 0 radical (unpaired) electrons. The Morgan fingerprint density at radius 3 is 2.40 bits per heavy atom. The maximum atomic E-state index is 12.5.